The van der Waals surface area contributed by atoms with Crippen LogP contribution in [0.15, 0.2) is 12.1 Å². The zero-order valence-corrected chi connectivity index (χ0v) is 10.7. The van der Waals surface area contributed by atoms with Gasteiger partial charge in [-0.3, -0.25) is 4.79 Å². The van der Waals surface area contributed by atoms with Crippen molar-refractivity contribution in [1.82, 2.24) is 0 Å². The minimum absolute atomic E-state index is 0.224. The van der Waals surface area contributed by atoms with E-state index < -0.39 is 23.2 Å². The zero-order chi connectivity index (χ0) is 13.8. The SMILES string of the molecule is O=C(CC1CCCCCC1)c1ccc(F)c(F)c1F. The normalized spacial score (nSPS) is 17.2. The summed E-state index contributed by atoms with van der Waals surface area (Å²) in [6.07, 6.45) is 6.64. The first kappa shape index (κ1) is 14.1. The molecule has 1 aromatic carbocycles. The lowest BCUT2D eigenvalue weighted by Gasteiger charge is -2.13. The number of Topliss-reactive ketones (excluding diaryl/α,β-unsaturated/α-hetero) is 1. The lowest BCUT2D eigenvalue weighted by molar-refractivity contribution is 0.0951. The Bertz CT molecular complexity index is 463. The van der Waals surface area contributed by atoms with Crippen molar-refractivity contribution in [3.05, 3.63) is 35.1 Å². The molecule has 0 unspecified atom stereocenters. The van der Waals surface area contributed by atoms with E-state index in [0.717, 1.165) is 37.8 Å². The standard InChI is InChI=1S/C15H17F3O/c16-12-8-7-11(14(17)15(12)18)13(19)9-10-5-3-1-2-4-6-10/h7-8,10H,1-6,9H2. The van der Waals surface area contributed by atoms with Crippen molar-refractivity contribution in [2.75, 3.05) is 0 Å². The summed E-state index contributed by atoms with van der Waals surface area (Å²) in [4.78, 5) is 12.0. The molecular weight excluding hydrogens is 253 g/mol. The number of benzene rings is 1. The second kappa shape index (κ2) is 6.22. The number of halogens is 3. The summed E-state index contributed by atoms with van der Waals surface area (Å²) in [5.41, 5.74) is -0.330. The molecule has 1 saturated carbocycles. The van der Waals surface area contributed by atoms with Crippen LogP contribution in [-0.2, 0) is 0 Å². The molecule has 0 saturated heterocycles. The first-order valence-corrected chi connectivity index (χ1v) is 6.76. The molecule has 0 aromatic heterocycles. The quantitative estimate of drug-likeness (QED) is 0.444. The number of hydrogen-bond donors (Lipinski definition) is 0. The molecule has 2 rings (SSSR count). The highest BCUT2D eigenvalue weighted by atomic mass is 19.2. The third kappa shape index (κ3) is 3.37. The highest BCUT2D eigenvalue weighted by Crippen LogP contribution is 2.27. The molecule has 1 aliphatic rings. The van der Waals surface area contributed by atoms with E-state index in [4.69, 9.17) is 0 Å². The maximum atomic E-state index is 13.5. The van der Waals surface area contributed by atoms with E-state index >= 15 is 0 Å². The Morgan fingerprint density at radius 1 is 1.00 bits per heavy atom. The van der Waals surface area contributed by atoms with Gasteiger partial charge in [-0.1, -0.05) is 38.5 Å². The summed E-state index contributed by atoms with van der Waals surface area (Å²) in [7, 11) is 0. The minimum Gasteiger partial charge on any atom is -0.294 e. The molecule has 104 valence electrons. The van der Waals surface area contributed by atoms with E-state index in [1.165, 1.54) is 12.8 Å². The molecule has 0 spiro atoms. The first-order chi connectivity index (χ1) is 9.09. The van der Waals surface area contributed by atoms with Gasteiger partial charge in [0.05, 0.1) is 5.56 Å². The highest BCUT2D eigenvalue weighted by Gasteiger charge is 2.22. The van der Waals surface area contributed by atoms with Gasteiger partial charge in [-0.25, -0.2) is 13.2 Å². The van der Waals surface area contributed by atoms with Crippen molar-refractivity contribution in [2.45, 2.75) is 44.9 Å². The lowest BCUT2D eigenvalue weighted by atomic mass is 9.92. The Balaban J connectivity index is 2.09. The van der Waals surface area contributed by atoms with E-state index in [0.29, 0.717) is 0 Å². The van der Waals surface area contributed by atoms with E-state index in [-0.39, 0.29) is 17.9 Å². The Labute approximate surface area is 110 Å². The van der Waals surface area contributed by atoms with Gasteiger partial charge in [0.25, 0.3) is 0 Å². The zero-order valence-electron chi connectivity index (χ0n) is 10.7. The molecule has 4 heteroatoms. The summed E-state index contributed by atoms with van der Waals surface area (Å²) in [5, 5.41) is 0. The summed E-state index contributed by atoms with van der Waals surface area (Å²) >= 11 is 0. The molecule has 0 amide bonds. The summed E-state index contributed by atoms with van der Waals surface area (Å²) in [5.74, 6) is -4.38. The average Bonchev–Trinajstić information content (AvgIpc) is 2.64. The van der Waals surface area contributed by atoms with Gasteiger partial charge >= 0.3 is 0 Å². The molecular formula is C15H17F3O. The second-order valence-electron chi connectivity index (χ2n) is 5.21. The molecule has 0 radical (unpaired) electrons. The van der Waals surface area contributed by atoms with Gasteiger partial charge in [-0.2, -0.15) is 0 Å². The molecule has 19 heavy (non-hydrogen) atoms. The fourth-order valence-electron chi connectivity index (χ4n) is 2.68. The molecule has 0 N–H and O–H groups in total. The van der Waals surface area contributed by atoms with Gasteiger partial charge in [0.1, 0.15) is 0 Å². The smallest absolute Gasteiger partial charge is 0.195 e. The maximum Gasteiger partial charge on any atom is 0.195 e. The van der Waals surface area contributed by atoms with Crippen molar-refractivity contribution in [2.24, 2.45) is 5.92 Å². The molecule has 1 aromatic rings. The average molecular weight is 270 g/mol. The van der Waals surface area contributed by atoms with Gasteiger partial charge in [0.15, 0.2) is 23.2 Å². The summed E-state index contributed by atoms with van der Waals surface area (Å²) in [6.45, 7) is 0. The molecule has 1 aliphatic carbocycles. The van der Waals surface area contributed by atoms with Crippen molar-refractivity contribution in [3.63, 3.8) is 0 Å². The Kier molecular flexibility index (Phi) is 4.61. The fourth-order valence-corrected chi connectivity index (χ4v) is 2.68. The predicted molar refractivity (Wildman–Crippen MR) is 66.5 cm³/mol. The van der Waals surface area contributed by atoms with Crippen LogP contribution >= 0.6 is 0 Å². The highest BCUT2D eigenvalue weighted by molar-refractivity contribution is 5.96. The number of rotatable bonds is 3. The van der Waals surface area contributed by atoms with Crippen LogP contribution in [0.2, 0.25) is 0 Å². The van der Waals surface area contributed by atoms with Crippen LogP contribution in [0.25, 0.3) is 0 Å². The third-order valence-corrected chi connectivity index (χ3v) is 3.78. The second-order valence-corrected chi connectivity index (χ2v) is 5.21. The largest absolute Gasteiger partial charge is 0.294 e. The lowest BCUT2D eigenvalue weighted by Crippen LogP contribution is -2.11. The van der Waals surface area contributed by atoms with Crippen LogP contribution in [-0.4, -0.2) is 5.78 Å². The molecule has 0 aliphatic heterocycles. The van der Waals surface area contributed by atoms with E-state index in [9.17, 15) is 18.0 Å². The van der Waals surface area contributed by atoms with Crippen molar-refractivity contribution in [1.29, 1.82) is 0 Å². The maximum absolute atomic E-state index is 13.5. The Morgan fingerprint density at radius 3 is 2.26 bits per heavy atom. The first-order valence-electron chi connectivity index (χ1n) is 6.76. The minimum atomic E-state index is -1.56. The van der Waals surface area contributed by atoms with E-state index in [1.807, 2.05) is 0 Å². The van der Waals surface area contributed by atoms with Gasteiger partial charge in [0.2, 0.25) is 0 Å². The van der Waals surface area contributed by atoms with Crippen molar-refractivity contribution >= 4 is 5.78 Å². The molecule has 0 bridgehead atoms. The van der Waals surface area contributed by atoms with Crippen LogP contribution in [0, 0.1) is 23.4 Å². The number of hydrogen-bond acceptors (Lipinski definition) is 1. The Morgan fingerprint density at radius 2 is 1.63 bits per heavy atom. The molecule has 0 atom stereocenters. The van der Waals surface area contributed by atoms with Gasteiger partial charge in [0, 0.05) is 6.42 Å². The molecule has 1 nitrogen and oxygen atoms in total. The van der Waals surface area contributed by atoms with Crippen LogP contribution < -0.4 is 0 Å². The van der Waals surface area contributed by atoms with Crippen molar-refractivity contribution < 1.29 is 18.0 Å². The number of ketones is 1. The van der Waals surface area contributed by atoms with Crippen LogP contribution in [0.4, 0.5) is 13.2 Å². The van der Waals surface area contributed by atoms with Gasteiger partial charge in [-0.05, 0) is 18.1 Å². The summed E-state index contributed by atoms with van der Waals surface area (Å²) in [6, 6.07) is 1.84. The molecule has 1 fully saturated rings. The van der Waals surface area contributed by atoms with Gasteiger partial charge in [-0.15, -0.1) is 0 Å². The summed E-state index contributed by atoms with van der Waals surface area (Å²) < 4.78 is 39.4. The van der Waals surface area contributed by atoms with E-state index in [2.05, 4.69) is 0 Å². The third-order valence-electron chi connectivity index (χ3n) is 3.78. The predicted octanol–water partition coefficient (Wildman–Crippen LogP) is 4.65. The fraction of sp³-hybridized carbons (Fsp3) is 0.533. The monoisotopic (exact) mass is 270 g/mol. The Hall–Kier alpha value is -1.32. The van der Waals surface area contributed by atoms with Gasteiger partial charge < -0.3 is 0 Å². The topological polar surface area (TPSA) is 17.1 Å². The number of carbonyl (C=O) groups excluding carboxylic acids is 1. The van der Waals surface area contributed by atoms with Crippen molar-refractivity contribution in [3.8, 4) is 0 Å². The molecule has 0 heterocycles. The van der Waals surface area contributed by atoms with Crippen LogP contribution in [0.3, 0.4) is 0 Å². The number of carbonyl (C=O) groups is 1. The van der Waals surface area contributed by atoms with Crippen LogP contribution in [0.1, 0.15) is 55.3 Å². The van der Waals surface area contributed by atoms with E-state index in [1.54, 1.807) is 0 Å². The van der Waals surface area contributed by atoms with Crippen LogP contribution in [0.5, 0.6) is 0 Å².